The Hall–Kier alpha value is -6.77. The van der Waals surface area contributed by atoms with Gasteiger partial charge < -0.3 is 0 Å². The van der Waals surface area contributed by atoms with Crippen LogP contribution < -0.4 is 0 Å². The molecule has 0 fully saturated rings. The van der Waals surface area contributed by atoms with Crippen molar-refractivity contribution in [1.82, 2.24) is 9.55 Å². The molecule has 0 bridgehead atoms. The SMILES string of the molecule is CCc1nc2ccccc2n1-c1ccc(-c2c3ccccc3c(-c3ccc(-c4ccccc4)c4ccccc34)c3cc(-c4ccccc4)ccc23)cc1. The smallest absolute Gasteiger partial charge is 0.114 e. The molecule has 2 heteroatoms. The lowest BCUT2D eigenvalue weighted by molar-refractivity contribution is 0.908. The lowest BCUT2D eigenvalue weighted by atomic mass is 9.83. The van der Waals surface area contributed by atoms with E-state index in [4.69, 9.17) is 4.98 Å². The number of imidazole rings is 1. The Labute approximate surface area is 309 Å². The molecule has 0 radical (unpaired) electrons. The van der Waals surface area contributed by atoms with E-state index in [0.717, 1.165) is 29.0 Å². The van der Waals surface area contributed by atoms with Gasteiger partial charge in [0.2, 0.25) is 0 Å². The summed E-state index contributed by atoms with van der Waals surface area (Å²) in [5, 5.41) is 7.48. The molecule has 9 aromatic carbocycles. The van der Waals surface area contributed by atoms with Crippen LogP contribution in [0.5, 0.6) is 0 Å². The van der Waals surface area contributed by atoms with Crippen molar-refractivity contribution in [2.45, 2.75) is 13.3 Å². The van der Waals surface area contributed by atoms with Crippen LogP contribution in [0.25, 0.3) is 93.5 Å². The highest BCUT2D eigenvalue weighted by Gasteiger charge is 2.20. The first-order valence-corrected chi connectivity index (χ1v) is 18.5. The zero-order valence-corrected chi connectivity index (χ0v) is 29.5. The third kappa shape index (κ3) is 5.14. The number of para-hydroxylation sites is 2. The van der Waals surface area contributed by atoms with E-state index in [2.05, 4.69) is 200 Å². The minimum Gasteiger partial charge on any atom is -0.296 e. The third-order valence-corrected chi connectivity index (χ3v) is 10.8. The monoisotopic (exact) mass is 676 g/mol. The van der Waals surface area contributed by atoms with Gasteiger partial charge in [-0.15, -0.1) is 0 Å². The molecule has 0 saturated heterocycles. The van der Waals surface area contributed by atoms with Crippen LogP contribution in [0.15, 0.2) is 188 Å². The van der Waals surface area contributed by atoms with Gasteiger partial charge in [-0.05, 0) is 107 Å². The van der Waals surface area contributed by atoms with Crippen molar-refractivity contribution in [1.29, 1.82) is 0 Å². The quantitative estimate of drug-likeness (QED) is 0.160. The van der Waals surface area contributed by atoms with Crippen molar-refractivity contribution >= 4 is 43.4 Å². The standard InChI is InChI=1S/C51H36N2/c1-2-49-52-47-23-13-14-24-48(47)53(49)38-28-25-36(26-29-38)50-42-21-11-12-22-43(42)51(46-33-37(27-30-45(46)50)34-15-5-3-6-16-34)44-32-31-39(35-17-7-4-8-18-35)40-19-9-10-20-41(40)44/h3-33H,2H2,1H3. The summed E-state index contributed by atoms with van der Waals surface area (Å²) < 4.78 is 2.30. The summed E-state index contributed by atoms with van der Waals surface area (Å²) in [5.41, 5.74) is 13.1. The number of benzene rings is 9. The molecule has 0 spiro atoms. The van der Waals surface area contributed by atoms with Crippen LogP contribution in [0.4, 0.5) is 0 Å². The van der Waals surface area contributed by atoms with Crippen molar-refractivity contribution in [2.24, 2.45) is 0 Å². The highest BCUT2D eigenvalue weighted by atomic mass is 15.1. The average molecular weight is 677 g/mol. The van der Waals surface area contributed by atoms with Crippen molar-refractivity contribution in [3.63, 3.8) is 0 Å². The Morgan fingerprint density at radius 3 is 1.66 bits per heavy atom. The van der Waals surface area contributed by atoms with Crippen molar-refractivity contribution in [2.75, 3.05) is 0 Å². The van der Waals surface area contributed by atoms with Gasteiger partial charge in [-0.2, -0.15) is 0 Å². The van der Waals surface area contributed by atoms with E-state index >= 15 is 0 Å². The van der Waals surface area contributed by atoms with Crippen molar-refractivity contribution in [3.05, 3.63) is 194 Å². The molecule has 0 aliphatic carbocycles. The van der Waals surface area contributed by atoms with E-state index in [0.29, 0.717) is 0 Å². The van der Waals surface area contributed by atoms with E-state index < -0.39 is 0 Å². The molecule has 0 saturated carbocycles. The van der Waals surface area contributed by atoms with Gasteiger partial charge in [0.25, 0.3) is 0 Å². The summed E-state index contributed by atoms with van der Waals surface area (Å²) in [5.74, 6) is 1.07. The van der Waals surface area contributed by atoms with Gasteiger partial charge in [0.1, 0.15) is 5.82 Å². The van der Waals surface area contributed by atoms with Crippen LogP contribution in [0.1, 0.15) is 12.7 Å². The Bertz CT molecular complexity index is 2960. The minimum atomic E-state index is 0.859. The maximum atomic E-state index is 4.95. The topological polar surface area (TPSA) is 17.8 Å². The van der Waals surface area contributed by atoms with E-state index in [9.17, 15) is 0 Å². The number of aryl methyl sites for hydroxylation is 1. The van der Waals surface area contributed by atoms with Gasteiger partial charge in [-0.1, -0.05) is 165 Å². The largest absolute Gasteiger partial charge is 0.296 e. The first-order chi connectivity index (χ1) is 26.3. The average Bonchev–Trinajstić information content (AvgIpc) is 3.62. The van der Waals surface area contributed by atoms with Crippen LogP contribution in [-0.4, -0.2) is 9.55 Å². The zero-order chi connectivity index (χ0) is 35.3. The minimum absolute atomic E-state index is 0.859. The Balaban J connectivity index is 1.25. The molecule has 0 N–H and O–H groups in total. The van der Waals surface area contributed by atoms with E-state index in [1.807, 2.05) is 0 Å². The summed E-state index contributed by atoms with van der Waals surface area (Å²) in [7, 11) is 0. The highest BCUT2D eigenvalue weighted by molar-refractivity contribution is 6.24. The summed E-state index contributed by atoms with van der Waals surface area (Å²) in [6.07, 6.45) is 0.859. The third-order valence-electron chi connectivity index (χ3n) is 10.8. The summed E-state index contributed by atoms with van der Waals surface area (Å²) in [6, 6.07) is 68.5. The second-order valence-corrected chi connectivity index (χ2v) is 13.7. The summed E-state index contributed by atoms with van der Waals surface area (Å²) in [4.78, 5) is 4.95. The number of hydrogen-bond donors (Lipinski definition) is 0. The summed E-state index contributed by atoms with van der Waals surface area (Å²) >= 11 is 0. The lowest BCUT2D eigenvalue weighted by Crippen LogP contribution is -2.00. The van der Waals surface area contributed by atoms with E-state index in [1.54, 1.807) is 0 Å². The van der Waals surface area contributed by atoms with E-state index in [-0.39, 0.29) is 0 Å². The van der Waals surface area contributed by atoms with Gasteiger partial charge >= 0.3 is 0 Å². The molecule has 10 aromatic rings. The highest BCUT2D eigenvalue weighted by Crippen LogP contribution is 2.47. The maximum absolute atomic E-state index is 4.95. The van der Waals surface area contributed by atoms with Crippen LogP contribution in [-0.2, 0) is 6.42 Å². The maximum Gasteiger partial charge on any atom is 0.114 e. The number of fused-ring (bicyclic) bond motifs is 4. The number of nitrogens with zero attached hydrogens (tertiary/aromatic N) is 2. The number of rotatable bonds is 6. The molecule has 1 aromatic heterocycles. The first kappa shape index (κ1) is 31.0. The van der Waals surface area contributed by atoms with Crippen LogP contribution >= 0.6 is 0 Å². The fourth-order valence-corrected chi connectivity index (χ4v) is 8.35. The van der Waals surface area contributed by atoms with Crippen LogP contribution in [0.3, 0.4) is 0 Å². The lowest BCUT2D eigenvalue weighted by Gasteiger charge is -2.20. The van der Waals surface area contributed by atoms with Crippen LogP contribution in [0, 0.1) is 0 Å². The first-order valence-electron chi connectivity index (χ1n) is 18.5. The molecule has 0 aliphatic heterocycles. The molecular weight excluding hydrogens is 641 g/mol. The normalized spacial score (nSPS) is 11.6. The zero-order valence-electron chi connectivity index (χ0n) is 29.5. The van der Waals surface area contributed by atoms with Crippen LogP contribution in [0.2, 0.25) is 0 Å². The van der Waals surface area contributed by atoms with Crippen molar-refractivity contribution < 1.29 is 0 Å². The second kappa shape index (κ2) is 12.8. The molecule has 53 heavy (non-hydrogen) atoms. The molecule has 0 aliphatic rings. The molecule has 250 valence electrons. The summed E-state index contributed by atoms with van der Waals surface area (Å²) in [6.45, 7) is 2.17. The van der Waals surface area contributed by atoms with Gasteiger partial charge in [0.15, 0.2) is 0 Å². The Morgan fingerprint density at radius 1 is 0.396 bits per heavy atom. The predicted octanol–water partition coefficient (Wildman–Crippen LogP) is 13.7. The Kier molecular flexibility index (Phi) is 7.47. The number of aromatic nitrogens is 2. The number of hydrogen-bond acceptors (Lipinski definition) is 1. The second-order valence-electron chi connectivity index (χ2n) is 13.7. The van der Waals surface area contributed by atoms with Gasteiger partial charge in [0, 0.05) is 12.1 Å². The fraction of sp³-hybridized carbons (Fsp3) is 0.0392. The fourth-order valence-electron chi connectivity index (χ4n) is 8.35. The van der Waals surface area contributed by atoms with Crippen molar-refractivity contribution in [3.8, 4) is 50.2 Å². The molecule has 0 unspecified atom stereocenters. The molecule has 0 amide bonds. The van der Waals surface area contributed by atoms with Gasteiger partial charge in [-0.25, -0.2) is 4.98 Å². The molecule has 10 rings (SSSR count). The van der Waals surface area contributed by atoms with E-state index in [1.165, 1.54) is 76.8 Å². The molecule has 2 nitrogen and oxygen atoms in total. The molecule has 1 heterocycles. The van der Waals surface area contributed by atoms with Gasteiger partial charge in [-0.3, -0.25) is 4.57 Å². The predicted molar refractivity (Wildman–Crippen MR) is 225 cm³/mol. The van der Waals surface area contributed by atoms with Gasteiger partial charge in [0.05, 0.1) is 11.0 Å². The molecular formula is C51H36N2. The molecule has 0 atom stereocenters. The Morgan fingerprint density at radius 2 is 0.943 bits per heavy atom.